The van der Waals surface area contributed by atoms with Crippen molar-refractivity contribution in [3.63, 3.8) is 0 Å². The summed E-state index contributed by atoms with van der Waals surface area (Å²) in [5.41, 5.74) is 3.74. The van der Waals surface area contributed by atoms with Crippen LogP contribution in [0.4, 0.5) is 5.69 Å². The van der Waals surface area contributed by atoms with Gasteiger partial charge in [-0.2, -0.15) is 0 Å². The molecule has 0 saturated carbocycles. The molecule has 1 atom stereocenters. The molecule has 0 unspecified atom stereocenters. The molecule has 0 bridgehead atoms. The van der Waals surface area contributed by atoms with E-state index >= 15 is 0 Å². The van der Waals surface area contributed by atoms with Gasteiger partial charge < -0.3 is 15.0 Å². The molecule has 0 radical (unpaired) electrons. The molecule has 0 aliphatic carbocycles. The highest BCUT2D eigenvalue weighted by Gasteiger charge is 2.19. The lowest BCUT2D eigenvalue weighted by Crippen LogP contribution is -2.22. The minimum absolute atomic E-state index is 0.149. The van der Waals surface area contributed by atoms with Crippen molar-refractivity contribution in [2.45, 2.75) is 30.7 Å². The summed E-state index contributed by atoms with van der Waals surface area (Å²) in [6.07, 6.45) is 0.754. The lowest BCUT2D eigenvalue weighted by Gasteiger charge is -2.13. The number of hydrogen-bond acceptors (Lipinski definition) is 4. The van der Waals surface area contributed by atoms with Crippen LogP contribution in [0.2, 0.25) is 5.02 Å². The number of anilines is 1. The molecule has 7 heteroatoms. The predicted molar refractivity (Wildman–Crippen MR) is 115 cm³/mol. The Morgan fingerprint density at radius 3 is 2.75 bits per heavy atom. The molecule has 0 fully saturated rings. The second-order valence-corrected chi connectivity index (χ2v) is 8.14. The van der Waals surface area contributed by atoms with E-state index in [1.54, 1.807) is 25.3 Å². The molecule has 1 heterocycles. The zero-order valence-corrected chi connectivity index (χ0v) is 17.5. The molecule has 0 spiro atoms. The zero-order valence-electron chi connectivity index (χ0n) is 16.0. The number of aromatic amines is 1. The summed E-state index contributed by atoms with van der Waals surface area (Å²) in [4.78, 5) is 20.5. The van der Waals surface area contributed by atoms with Gasteiger partial charge >= 0.3 is 0 Å². The summed E-state index contributed by atoms with van der Waals surface area (Å²) in [6, 6.07) is 15.3. The van der Waals surface area contributed by atoms with Gasteiger partial charge in [0.2, 0.25) is 5.91 Å². The van der Waals surface area contributed by atoms with Crippen LogP contribution >= 0.6 is 23.4 Å². The number of halogens is 1. The van der Waals surface area contributed by atoms with Crippen LogP contribution in [0, 0.1) is 6.92 Å². The Bertz CT molecular complexity index is 960. The molecule has 0 aliphatic heterocycles. The smallest absolute Gasteiger partial charge is 0.237 e. The van der Waals surface area contributed by atoms with Gasteiger partial charge in [-0.05, 0) is 37.6 Å². The Labute approximate surface area is 173 Å². The third kappa shape index (κ3) is 5.09. The number of nitrogens with zero attached hydrogens (tertiary/aromatic N) is 1. The number of ether oxygens (including phenoxy) is 1. The highest BCUT2D eigenvalue weighted by atomic mass is 35.5. The van der Waals surface area contributed by atoms with Crippen molar-refractivity contribution in [1.29, 1.82) is 0 Å². The highest BCUT2D eigenvalue weighted by Crippen LogP contribution is 2.29. The van der Waals surface area contributed by atoms with Crippen LogP contribution in [0.1, 0.15) is 23.9 Å². The van der Waals surface area contributed by atoms with Gasteiger partial charge in [0.15, 0.2) is 5.16 Å². The maximum Gasteiger partial charge on any atom is 0.237 e. The normalized spacial score (nSPS) is 11.9. The van der Waals surface area contributed by atoms with Crippen LogP contribution in [-0.4, -0.2) is 28.2 Å². The first-order valence-electron chi connectivity index (χ1n) is 8.86. The van der Waals surface area contributed by atoms with E-state index < -0.39 is 0 Å². The number of imidazole rings is 1. The number of hydrogen-bond donors (Lipinski definition) is 2. The summed E-state index contributed by atoms with van der Waals surface area (Å²) in [6.45, 7) is 3.84. The molecule has 1 amide bonds. The number of rotatable bonds is 7. The van der Waals surface area contributed by atoms with Gasteiger partial charge in [0, 0.05) is 17.1 Å². The van der Waals surface area contributed by atoms with Crippen molar-refractivity contribution < 1.29 is 9.53 Å². The molecule has 0 saturated heterocycles. The van der Waals surface area contributed by atoms with Crippen LogP contribution in [0.15, 0.2) is 53.7 Å². The Morgan fingerprint density at radius 1 is 1.29 bits per heavy atom. The minimum Gasteiger partial charge on any atom is -0.495 e. The van der Waals surface area contributed by atoms with Crippen molar-refractivity contribution in [3.05, 3.63) is 70.5 Å². The second kappa shape index (κ2) is 9.17. The molecule has 1 aromatic heterocycles. The summed E-state index contributed by atoms with van der Waals surface area (Å²) < 4.78 is 5.28. The summed E-state index contributed by atoms with van der Waals surface area (Å²) in [7, 11) is 1.55. The third-order valence-electron chi connectivity index (χ3n) is 4.26. The fourth-order valence-corrected chi connectivity index (χ4v) is 3.77. The van der Waals surface area contributed by atoms with E-state index in [-0.39, 0.29) is 11.2 Å². The number of methoxy groups -OCH3 is 1. The van der Waals surface area contributed by atoms with Crippen molar-refractivity contribution in [1.82, 2.24) is 9.97 Å². The van der Waals surface area contributed by atoms with Crippen molar-refractivity contribution in [2.75, 3.05) is 12.4 Å². The maximum absolute atomic E-state index is 12.6. The number of carbonyl (C=O) groups is 1. The average Bonchev–Trinajstić information content (AvgIpc) is 3.01. The molecular formula is C21H22ClN3O2S. The van der Waals surface area contributed by atoms with Gasteiger partial charge in [-0.25, -0.2) is 4.98 Å². The van der Waals surface area contributed by atoms with Crippen molar-refractivity contribution >= 4 is 35.0 Å². The number of nitrogens with one attached hydrogen (secondary N) is 2. The first-order chi connectivity index (χ1) is 13.5. The number of aryl methyl sites for hydroxylation is 1. The molecule has 3 rings (SSSR count). The Kier molecular flexibility index (Phi) is 6.65. The number of thioether (sulfide) groups is 1. The summed E-state index contributed by atoms with van der Waals surface area (Å²) >= 11 is 7.41. The molecule has 2 aromatic carbocycles. The Balaban J connectivity index is 1.66. The summed E-state index contributed by atoms with van der Waals surface area (Å²) in [5, 5.41) is 3.78. The van der Waals surface area contributed by atoms with E-state index in [4.69, 9.17) is 16.3 Å². The number of aromatic nitrogens is 2. The number of H-pyrrole nitrogens is 1. The minimum atomic E-state index is -0.348. The predicted octanol–water partition coefficient (Wildman–Crippen LogP) is 5.09. The summed E-state index contributed by atoms with van der Waals surface area (Å²) in [5.74, 6) is 0.415. The molecule has 2 N–H and O–H groups in total. The maximum atomic E-state index is 12.6. The SMILES string of the molecule is COc1ccc(Cl)cc1NC(=O)[C@@H](C)Sc1nc(Cc2ccccc2)c(C)[nH]1. The Morgan fingerprint density at radius 2 is 2.04 bits per heavy atom. The number of carbonyl (C=O) groups excluding carboxylic acids is 1. The Hall–Kier alpha value is -2.44. The van der Waals surface area contributed by atoms with E-state index in [0.717, 1.165) is 23.0 Å². The van der Waals surface area contributed by atoms with E-state index in [1.807, 2.05) is 32.0 Å². The van der Waals surface area contributed by atoms with E-state index in [2.05, 4.69) is 27.4 Å². The lowest BCUT2D eigenvalue weighted by molar-refractivity contribution is -0.115. The molecular weight excluding hydrogens is 394 g/mol. The molecule has 146 valence electrons. The van der Waals surface area contributed by atoms with Gasteiger partial charge in [-0.1, -0.05) is 53.7 Å². The molecule has 0 aliphatic rings. The highest BCUT2D eigenvalue weighted by molar-refractivity contribution is 8.00. The average molecular weight is 416 g/mol. The van der Waals surface area contributed by atoms with Gasteiger partial charge in [0.25, 0.3) is 0 Å². The number of benzene rings is 2. The van der Waals surface area contributed by atoms with Gasteiger partial charge in [0.1, 0.15) is 5.75 Å². The fraction of sp³-hybridized carbons (Fsp3) is 0.238. The largest absolute Gasteiger partial charge is 0.495 e. The fourth-order valence-electron chi connectivity index (χ4n) is 2.72. The van der Waals surface area contributed by atoms with E-state index in [1.165, 1.54) is 17.3 Å². The first-order valence-corrected chi connectivity index (χ1v) is 10.1. The van der Waals surface area contributed by atoms with Crippen LogP contribution in [0.25, 0.3) is 0 Å². The second-order valence-electron chi connectivity index (χ2n) is 6.37. The van der Waals surface area contributed by atoms with Gasteiger partial charge in [-0.3, -0.25) is 4.79 Å². The van der Waals surface area contributed by atoms with Gasteiger partial charge in [-0.15, -0.1) is 0 Å². The van der Waals surface area contributed by atoms with Crippen molar-refractivity contribution in [2.24, 2.45) is 0 Å². The van der Waals surface area contributed by atoms with Crippen molar-refractivity contribution in [3.8, 4) is 5.75 Å². The third-order valence-corrected chi connectivity index (χ3v) is 5.47. The first kappa shape index (κ1) is 20.3. The zero-order chi connectivity index (χ0) is 20.1. The monoisotopic (exact) mass is 415 g/mol. The lowest BCUT2D eigenvalue weighted by atomic mass is 10.1. The van der Waals surface area contributed by atoms with E-state index in [0.29, 0.717) is 16.5 Å². The standard InChI is InChI=1S/C21H22ClN3O2S/c1-13-17(11-15-7-5-4-6-8-15)25-21(23-13)28-14(2)20(26)24-18-12-16(22)9-10-19(18)27-3/h4-10,12,14H,11H2,1-3H3,(H,23,25)(H,24,26)/t14-/m1/s1. The van der Waals surface area contributed by atoms with Crippen LogP contribution in [0.3, 0.4) is 0 Å². The molecule has 5 nitrogen and oxygen atoms in total. The quantitative estimate of drug-likeness (QED) is 0.527. The van der Waals surface area contributed by atoms with Crippen LogP contribution in [0.5, 0.6) is 5.75 Å². The topological polar surface area (TPSA) is 67.0 Å². The van der Waals surface area contributed by atoms with Gasteiger partial charge in [0.05, 0.1) is 23.7 Å². The van der Waals surface area contributed by atoms with E-state index in [9.17, 15) is 4.79 Å². The molecule has 3 aromatic rings. The van der Waals surface area contributed by atoms with Crippen LogP contribution < -0.4 is 10.1 Å². The van der Waals surface area contributed by atoms with Crippen LogP contribution in [-0.2, 0) is 11.2 Å². The molecule has 28 heavy (non-hydrogen) atoms. The number of amides is 1.